The fourth-order valence-electron chi connectivity index (χ4n) is 2.43. The first-order valence-corrected chi connectivity index (χ1v) is 7.11. The number of aromatic carboxylic acids is 1. The molecular formula is C14H14N2O2S. The standard InChI is InChI=1S/C14H14N2O2S/c17-14(18)11-2-1-10-3-4-16(6-12(10)5-11)7-13-8-19-9-15-13/h1-2,5,8-9H,3-4,6-7H2,(H,17,18). The zero-order valence-corrected chi connectivity index (χ0v) is 11.2. The molecule has 19 heavy (non-hydrogen) atoms. The lowest BCUT2D eigenvalue weighted by Crippen LogP contribution is -2.30. The van der Waals surface area contributed by atoms with E-state index >= 15 is 0 Å². The maximum absolute atomic E-state index is 11.0. The first-order valence-electron chi connectivity index (χ1n) is 6.17. The van der Waals surface area contributed by atoms with Crippen molar-refractivity contribution in [2.45, 2.75) is 19.5 Å². The van der Waals surface area contributed by atoms with Gasteiger partial charge in [-0.05, 0) is 29.7 Å². The third-order valence-electron chi connectivity index (χ3n) is 3.41. The Hall–Kier alpha value is -1.72. The van der Waals surface area contributed by atoms with Gasteiger partial charge in [0.05, 0.1) is 16.8 Å². The molecule has 5 heteroatoms. The molecule has 0 fully saturated rings. The predicted octanol–water partition coefficient (Wildman–Crippen LogP) is 2.40. The van der Waals surface area contributed by atoms with Gasteiger partial charge in [0.1, 0.15) is 0 Å². The summed E-state index contributed by atoms with van der Waals surface area (Å²) in [6, 6.07) is 5.43. The molecule has 0 radical (unpaired) electrons. The molecule has 2 heterocycles. The molecule has 3 rings (SSSR count). The molecule has 1 aliphatic heterocycles. The first kappa shape index (κ1) is 12.3. The molecule has 0 spiro atoms. The van der Waals surface area contributed by atoms with E-state index in [1.165, 1.54) is 5.56 Å². The van der Waals surface area contributed by atoms with Crippen molar-refractivity contribution < 1.29 is 9.90 Å². The number of rotatable bonds is 3. The van der Waals surface area contributed by atoms with Gasteiger partial charge in [0.25, 0.3) is 0 Å². The Labute approximate surface area is 115 Å². The summed E-state index contributed by atoms with van der Waals surface area (Å²) in [5.41, 5.74) is 5.69. The summed E-state index contributed by atoms with van der Waals surface area (Å²) in [4.78, 5) is 17.6. The lowest BCUT2D eigenvalue weighted by molar-refractivity contribution is 0.0696. The van der Waals surface area contributed by atoms with Crippen molar-refractivity contribution in [1.82, 2.24) is 9.88 Å². The van der Waals surface area contributed by atoms with Gasteiger partial charge < -0.3 is 5.11 Å². The van der Waals surface area contributed by atoms with E-state index in [-0.39, 0.29) is 0 Å². The molecule has 2 aromatic rings. The number of aromatic nitrogens is 1. The van der Waals surface area contributed by atoms with Crippen LogP contribution in [0.1, 0.15) is 27.2 Å². The third kappa shape index (κ3) is 2.67. The molecule has 1 aliphatic rings. The number of hydrogen-bond donors (Lipinski definition) is 1. The maximum Gasteiger partial charge on any atom is 0.335 e. The lowest BCUT2D eigenvalue weighted by atomic mass is 9.97. The zero-order chi connectivity index (χ0) is 13.2. The molecule has 0 saturated carbocycles. The fraction of sp³-hybridized carbons (Fsp3) is 0.286. The highest BCUT2D eigenvalue weighted by Gasteiger charge is 2.18. The highest BCUT2D eigenvalue weighted by atomic mass is 32.1. The van der Waals surface area contributed by atoms with Crippen LogP contribution >= 0.6 is 11.3 Å². The number of hydrogen-bond acceptors (Lipinski definition) is 4. The number of fused-ring (bicyclic) bond motifs is 1. The summed E-state index contributed by atoms with van der Waals surface area (Å²) in [6.07, 6.45) is 0.972. The summed E-state index contributed by atoms with van der Waals surface area (Å²) < 4.78 is 0. The van der Waals surface area contributed by atoms with E-state index in [1.54, 1.807) is 23.5 Å². The highest BCUT2D eigenvalue weighted by Crippen LogP contribution is 2.22. The van der Waals surface area contributed by atoms with Crippen LogP contribution in [0, 0.1) is 0 Å². The number of thiazole rings is 1. The van der Waals surface area contributed by atoms with E-state index in [4.69, 9.17) is 5.11 Å². The number of carboxylic acid groups (broad SMARTS) is 1. The van der Waals surface area contributed by atoms with Gasteiger partial charge in [-0.2, -0.15) is 0 Å². The molecule has 0 aliphatic carbocycles. The lowest BCUT2D eigenvalue weighted by Gasteiger charge is -2.28. The highest BCUT2D eigenvalue weighted by molar-refractivity contribution is 7.07. The molecule has 1 aromatic carbocycles. The number of carbonyl (C=O) groups is 1. The van der Waals surface area contributed by atoms with Crippen LogP contribution in [-0.2, 0) is 19.5 Å². The minimum absolute atomic E-state index is 0.370. The number of benzene rings is 1. The van der Waals surface area contributed by atoms with E-state index < -0.39 is 5.97 Å². The Morgan fingerprint density at radius 1 is 1.42 bits per heavy atom. The summed E-state index contributed by atoms with van der Waals surface area (Å²) in [7, 11) is 0. The normalized spacial score (nSPS) is 15.2. The Bertz CT molecular complexity index is 595. The van der Waals surface area contributed by atoms with Crippen LogP contribution in [0.25, 0.3) is 0 Å². The minimum Gasteiger partial charge on any atom is -0.478 e. The van der Waals surface area contributed by atoms with Crippen molar-refractivity contribution in [3.05, 3.63) is 51.5 Å². The SMILES string of the molecule is O=C(O)c1ccc2c(c1)CN(Cc1cscn1)CC2. The van der Waals surface area contributed by atoms with Crippen molar-refractivity contribution in [2.24, 2.45) is 0 Å². The molecule has 0 unspecified atom stereocenters. The van der Waals surface area contributed by atoms with Gasteiger partial charge >= 0.3 is 5.97 Å². The molecular weight excluding hydrogens is 260 g/mol. The van der Waals surface area contributed by atoms with Gasteiger partial charge in [-0.25, -0.2) is 9.78 Å². The van der Waals surface area contributed by atoms with E-state index in [0.29, 0.717) is 5.56 Å². The van der Waals surface area contributed by atoms with Crippen molar-refractivity contribution in [1.29, 1.82) is 0 Å². The van der Waals surface area contributed by atoms with Gasteiger partial charge in [-0.3, -0.25) is 4.90 Å². The van der Waals surface area contributed by atoms with Crippen LogP contribution in [0.2, 0.25) is 0 Å². The van der Waals surface area contributed by atoms with Gasteiger partial charge in [-0.1, -0.05) is 6.07 Å². The van der Waals surface area contributed by atoms with E-state index in [1.807, 2.05) is 11.6 Å². The smallest absolute Gasteiger partial charge is 0.335 e. The Morgan fingerprint density at radius 2 is 2.32 bits per heavy atom. The van der Waals surface area contributed by atoms with Gasteiger partial charge in [-0.15, -0.1) is 11.3 Å². The van der Waals surface area contributed by atoms with Crippen LogP contribution < -0.4 is 0 Å². The van der Waals surface area contributed by atoms with Crippen LogP contribution in [0.3, 0.4) is 0 Å². The second-order valence-electron chi connectivity index (χ2n) is 4.73. The van der Waals surface area contributed by atoms with E-state index in [2.05, 4.69) is 15.3 Å². The fourth-order valence-corrected chi connectivity index (χ4v) is 2.98. The second-order valence-corrected chi connectivity index (χ2v) is 5.45. The summed E-state index contributed by atoms with van der Waals surface area (Å²) in [5, 5.41) is 11.1. The molecule has 4 nitrogen and oxygen atoms in total. The van der Waals surface area contributed by atoms with Gasteiger partial charge in [0.15, 0.2) is 0 Å². The molecule has 0 amide bonds. The molecule has 1 N–H and O–H groups in total. The van der Waals surface area contributed by atoms with Crippen LogP contribution in [-0.4, -0.2) is 27.5 Å². The van der Waals surface area contributed by atoms with E-state index in [9.17, 15) is 4.79 Å². The van der Waals surface area contributed by atoms with Gasteiger partial charge in [0.2, 0.25) is 0 Å². The Kier molecular flexibility index (Phi) is 3.31. The second kappa shape index (κ2) is 5.11. The average Bonchev–Trinajstić information content (AvgIpc) is 2.90. The van der Waals surface area contributed by atoms with Crippen molar-refractivity contribution in [3.8, 4) is 0 Å². The minimum atomic E-state index is -0.862. The molecule has 1 aromatic heterocycles. The molecule has 0 atom stereocenters. The molecule has 0 saturated heterocycles. The number of nitrogens with zero attached hydrogens (tertiary/aromatic N) is 2. The predicted molar refractivity (Wildman–Crippen MR) is 73.3 cm³/mol. The summed E-state index contributed by atoms with van der Waals surface area (Å²) in [6.45, 7) is 2.63. The quantitative estimate of drug-likeness (QED) is 0.933. The zero-order valence-electron chi connectivity index (χ0n) is 10.4. The Balaban J connectivity index is 1.78. The monoisotopic (exact) mass is 274 g/mol. The largest absolute Gasteiger partial charge is 0.478 e. The van der Waals surface area contributed by atoms with Crippen LogP contribution in [0.4, 0.5) is 0 Å². The average molecular weight is 274 g/mol. The first-order chi connectivity index (χ1) is 9.22. The van der Waals surface area contributed by atoms with Crippen molar-refractivity contribution in [3.63, 3.8) is 0 Å². The summed E-state index contributed by atoms with van der Waals surface area (Å²) >= 11 is 1.60. The van der Waals surface area contributed by atoms with E-state index in [0.717, 1.165) is 37.3 Å². The van der Waals surface area contributed by atoms with Crippen molar-refractivity contribution >= 4 is 17.3 Å². The molecule has 0 bridgehead atoms. The maximum atomic E-state index is 11.0. The van der Waals surface area contributed by atoms with Crippen molar-refractivity contribution in [2.75, 3.05) is 6.54 Å². The Morgan fingerprint density at radius 3 is 3.05 bits per heavy atom. The van der Waals surface area contributed by atoms with Gasteiger partial charge in [0, 0.05) is 25.0 Å². The topological polar surface area (TPSA) is 53.4 Å². The molecule has 98 valence electrons. The van der Waals surface area contributed by atoms with Crippen LogP contribution in [0.15, 0.2) is 29.1 Å². The number of carboxylic acids is 1. The third-order valence-corrected chi connectivity index (χ3v) is 4.05. The van der Waals surface area contributed by atoms with Crippen LogP contribution in [0.5, 0.6) is 0 Å². The summed E-state index contributed by atoms with van der Waals surface area (Å²) in [5.74, 6) is -0.862.